The number of likely N-dealkylation sites (tertiary alicyclic amines) is 1. The summed E-state index contributed by atoms with van der Waals surface area (Å²) in [4.78, 5) is 47.6. The summed E-state index contributed by atoms with van der Waals surface area (Å²) in [6.07, 6.45) is 2.41. The van der Waals surface area contributed by atoms with Crippen LogP contribution in [0.15, 0.2) is 30.6 Å². The molecule has 0 N–H and O–H groups in total. The lowest BCUT2D eigenvalue weighted by molar-refractivity contribution is -0.145. The summed E-state index contributed by atoms with van der Waals surface area (Å²) in [5, 5.41) is 0.840. The molecule has 3 rings (SSSR count). The van der Waals surface area contributed by atoms with E-state index in [0.29, 0.717) is 41.7 Å². The molecular weight excluding hydrogens is 415 g/mol. The van der Waals surface area contributed by atoms with Crippen molar-refractivity contribution < 1.29 is 14.4 Å². The third-order valence-electron chi connectivity index (χ3n) is 4.90. The summed E-state index contributed by atoms with van der Waals surface area (Å²) in [7, 11) is 0. The van der Waals surface area contributed by atoms with Crippen LogP contribution in [0.3, 0.4) is 0 Å². The maximum absolute atomic E-state index is 12.9. The minimum Gasteiger partial charge on any atom is -0.337 e. The molecule has 1 aromatic heterocycles. The van der Waals surface area contributed by atoms with Gasteiger partial charge in [0, 0.05) is 38.5 Å². The topological polar surface area (TPSA) is 83.5 Å². The molecule has 2 heterocycles. The minimum atomic E-state index is -0.274. The molecule has 0 unspecified atom stereocenters. The number of imide groups is 1. The molecule has 7 nitrogen and oxygen atoms in total. The third-order valence-corrected chi connectivity index (χ3v) is 5.64. The molecule has 9 heteroatoms. The van der Waals surface area contributed by atoms with Crippen molar-refractivity contribution in [2.24, 2.45) is 0 Å². The van der Waals surface area contributed by atoms with Crippen LogP contribution in [-0.4, -0.2) is 56.6 Å². The van der Waals surface area contributed by atoms with Crippen molar-refractivity contribution >= 4 is 40.9 Å². The Balaban J connectivity index is 1.72. The standard InChI is InChI=1S/C20H20Cl2N4O3/c1-12(27)26(13(2)28)15-5-7-25(8-6-15)20(29)19-10-18(23-11-24-19)14-3-4-16(21)17(22)9-14/h3-4,9-11,15H,5-8H2,1-2H3. The van der Waals surface area contributed by atoms with E-state index < -0.39 is 0 Å². The highest BCUT2D eigenvalue weighted by Gasteiger charge is 2.31. The van der Waals surface area contributed by atoms with Crippen LogP contribution < -0.4 is 0 Å². The molecule has 0 saturated carbocycles. The lowest BCUT2D eigenvalue weighted by Gasteiger charge is -2.36. The van der Waals surface area contributed by atoms with Crippen molar-refractivity contribution in [2.45, 2.75) is 32.7 Å². The summed E-state index contributed by atoms with van der Waals surface area (Å²) in [5.41, 5.74) is 1.57. The van der Waals surface area contributed by atoms with E-state index in [2.05, 4.69) is 9.97 Å². The van der Waals surface area contributed by atoms with E-state index in [0.717, 1.165) is 5.56 Å². The summed E-state index contributed by atoms with van der Waals surface area (Å²) in [6.45, 7) is 3.63. The van der Waals surface area contributed by atoms with Gasteiger partial charge in [0.2, 0.25) is 11.8 Å². The van der Waals surface area contributed by atoms with Crippen molar-refractivity contribution in [3.05, 3.63) is 46.3 Å². The lowest BCUT2D eigenvalue weighted by Crippen LogP contribution is -2.50. The van der Waals surface area contributed by atoms with Gasteiger partial charge in [-0.3, -0.25) is 19.3 Å². The SMILES string of the molecule is CC(=O)N(C(C)=O)C1CCN(C(=O)c2cc(-c3ccc(Cl)c(Cl)c3)ncn2)CC1. The van der Waals surface area contributed by atoms with Gasteiger partial charge < -0.3 is 4.90 Å². The van der Waals surface area contributed by atoms with Gasteiger partial charge >= 0.3 is 0 Å². The number of amides is 3. The quantitative estimate of drug-likeness (QED) is 0.738. The summed E-state index contributed by atoms with van der Waals surface area (Å²) < 4.78 is 0. The molecule has 2 aromatic rings. The average molecular weight is 435 g/mol. The number of hydrogen-bond acceptors (Lipinski definition) is 5. The Kier molecular flexibility index (Phi) is 6.49. The Bertz CT molecular complexity index is 944. The molecule has 0 spiro atoms. The number of carbonyl (C=O) groups excluding carboxylic acids is 3. The van der Waals surface area contributed by atoms with Crippen LogP contribution in [0.1, 0.15) is 37.2 Å². The molecule has 152 valence electrons. The molecule has 0 bridgehead atoms. The van der Waals surface area contributed by atoms with Crippen molar-refractivity contribution in [1.82, 2.24) is 19.8 Å². The number of benzene rings is 1. The zero-order valence-corrected chi connectivity index (χ0v) is 17.6. The molecule has 1 aliphatic rings. The van der Waals surface area contributed by atoms with Crippen LogP contribution in [0.4, 0.5) is 0 Å². The van der Waals surface area contributed by atoms with Crippen molar-refractivity contribution in [3.8, 4) is 11.3 Å². The number of carbonyl (C=O) groups is 3. The third kappa shape index (κ3) is 4.74. The van der Waals surface area contributed by atoms with Gasteiger partial charge in [-0.05, 0) is 31.0 Å². The Hall–Kier alpha value is -2.51. The summed E-state index contributed by atoms with van der Waals surface area (Å²) >= 11 is 12.0. The molecule has 1 fully saturated rings. The van der Waals surface area contributed by atoms with E-state index in [1.165, 1.54) is 25.1 Å². The van der Waals surface area contributed by atoms with Crippen LogP contribution in [-0.2, 0) is 9.59 Å². The first kappa shape index (κ1) is 21.2. The largest absolute Gasteiger partial charge is 0.337 e. The monoisotopic (exact) mass is 434 g/mol. The normalized spacial score (nSPS) is 14.6. The first-order chi connectivity index (χ1) is 13.8. The fourth-order valence-electron chi connectivity index (χ4n) is 3.51. The van der Waals surface area contributed by atoms with Crippen LogP contribution in [0.25, 0.3) is 11.3 Å². The molecule has 0 aliphatic carbocycles. The second kappa shape index (κ2) is 8.88. The number of aromatic nitrogens is 2. The van der Waals surface area contributed by atoms with Gasteiger partial charge in [-0.2, -0.15) is 0 Å². The van der Waals surface area contributed by atoms with E-state index in [4.69, 9.17) is 23.2 Å². The Morgan fingerprint density at radius 3 is 2.24 bits per heavy atom. The summed E-state index contributed by atoms with van der Waals surface area (Å²) in [6, 6.07) is 6.55. The molecule has 1 saturated heterocycles. The molecule has 1 aliphatic heterocycles. The van der Waals surface area contributed by atoms with Crippen molar-refractivity contribution in [3.63, 3.8) is 0 Å². The predicted octanol–water partition coefficient (Wildman–Crippen LogP) is 3.45. The van der Waals surface area contributed by atoms with Gasteiger partial charge in [0.15, 0.2) is 0 Å². The number of piperidine rings is 1. The molecular formula is C20H20Cl2N4O3. The van der Waals surface area contributed by atoms with Gasteiger partial charge in [0.1, 0.15) is 12.0 Å². The van der Waals surface area contributed by atoms with Gasteiger partial charge in [-0.25, -0.2) is 9.97 Å². The number of rotatable bonds is 3. The number of nitrogens with zero attached hydrogens (tertiary/aromatic N) is 4. The van der Waals surface area contributed by atoms with Crippen LogP contribution in [0.5, 0.6) is 0 Å². The van der Waals surface area contributed by atoms with E-state index in [9.17, 15) is 14.4 Å². The molecule has 1 aromatic carbocycles. The smallest absolute Gasteiger partial charge is 0.272 e. The fourth-order valence-corrected chi connectivity index (χ4v) is 3.81. The van der Waals surface area contributed by atoms with Gasteiger partial charge in [-0.1, -0.05) is 29.3 Å². The Labute approximate surface area is 178 Å². The predicted molar refractivity (Wildman–Crippen MR) is 110 cm³/mol. The first-order valence-corrected chi connectivity index (χ1v) is 9.90. The van der Waals surface area contributed by atoms with E-state index in [-0.39, 0.29) is 29.5 Å². The number of hydrogen-bond donors (Lipinski definition) is 0. The van der Waals surface area contributed by atoms with Gasteiger partial charge in [-0.15, -0.1) is 0 Å². The van der Waals surface area contributed by atoms with Gasteiger partial charge in [0.05, 0.1) is 15.7 Å². The zero-order chi connectivity index (χ0) is 21.1. The lowest BCUT2D eigenvalue weighted by atomic mass is 10.0. The highest BCUT2D eigenvalue weighted by atomic mass is 35.5. The Morgan fingerprint density at radius 1 is 1.00 bits per heavy atom. The summed E-state index contributed by atoms with van der Waals surface area (Å²) in [5.74, 6) is -0.766. The second-order valence-electron chi connectivity index (χ2n) is 6.85. The molecule has 29 heavy (non-hydrogen) atoms. The van der Waals surface area contributed by atoms with Crippen LogP contribution in [0.2, 0.25) is 10.0 Å². The maximum Gasteiger partial charge on any atom is 0.272 e. The maximum atomic E-state index is 12.9. The Morgan fingerprint density at radius 2 is 1.66 bits per heavy atom. The van der Waals surface area contributed by atoms with E-state index in [1.807, 2.05) is 0 Å². The molecule has 0 atom stereocenters. The number of halogens is 2. The average Bonchev–Trinajstić information content (AvgIpc) is 2.69. The molecule has 3 amide bonds. The second-order valence-corrected chi connectivity index (χ2v) is 7.66. The minimum absolute atomic E-state index is 0.189. The fraction of sp³-hybridized carbons (Fsp3) is 0.350. The van der Waals surface area contributed by atoms with Crippen molar-refractivity contribution in [1.29, 1.82) is 0 Å². The first-order valence-electron chi connectivity index (χ1n) is 9.15. The van der Waals surface area contributed by atoms with E-state index >= 15 is 0 Å². The zero-order valence-electron chi connectivity index (χ0n) is 16.1. The highest BCUT2D eigenvalue weighted by Crippen LogP contribution is 2.28. The van der Waals surface area contributed by atoms with Crippen LogP contribution in [0, 0.1) is 0 Å². The highest BCUT2D eigenvalue weighted by molar-refractivity contribution is 6.42. The van der Waals surface area contributed by atoms with Crippen LogP contribution >= 0.6 is 23.2 Å². The van der Waals surface area contributed by atoms with E-state index in [1.54, 1.807) is 29.2 Å². The van der Waals surface area contributed by atoms with Gasteiger partial charge in [0.25, 0.3) is 5.91 Å². The van der Waals surface area contributed by atoms with Crippen molar-refractivity contribution in [2.75, 3.05) is 13.1 Å². The molecule has 0 radical (unpaired) electrons.